The summed E-state index contributed by atoms with van der Waals surface area (Å²) in [6.45, 7) is 3.44. The van der Waals surface area contributed by atoms with Gasteiger partial charge in [0.15, 0.2) is 0 Å². The fraction of sp³-hybridized carbons (Fsp3) is 0.312. The zero-order valence-corrected chi connectivity index (χ0v) is 14.9. The minimum absolute atomic E-state index is 0.0580. The van der Waals surface area contributed by atoms with E-state index < -0.39 is 24.0 Å². The number of ether oxygens (including phenoxy) is 1. The van der Waals surface area contributed by atoms with Crippen molar-refractivity contribution in [3.05, 3.63) is 46.5 Å². The van der Waals surface area contributed by atoms with E-state index in [2.05, 4.69) is 20.6 Å². The second-order valence-electron chi connectivity index (χ2n) is 5.37. The van der Waals surface area contributed by atoms with Crippen molar-refractivity contribution < 1.29 is 22.7 Å². The number of hydrogen-bond acceptors (Lipinski definition) is 4. The molecule has 2 aromatic rings. The van der Waals surface area contributed by atoms with E-state index in [9.17, 15) is 18.0 Å². The van der Waals surface area contributed by atoms with Crippen LogP contribution < -0.4 is 10.6 Å². The monoisotopic (exact) mass is 388 g/mol. The van der Waals surface area contributed by atoms with Crippen LogP contribution in [0.25, 0.3) is 0 Å². The van der Waals surface area contributed by atoms with E-state index in [-0.39, 0.29) is 11.4 Å². The molecule has 2 N–H and O–H groups in total. The summed E-state index contributed by atoms with van der Waals surface area (Å²) in [6, 6.07) is 1.22. The van der Waals surface area contributed by atoms with Gasteiger partial charge >= 0.3 is 12.2 Å². The topological polar surface area (TPSA) is 76.1 Å². The molecule has 6 nitrogen and oxygen atoms in total. The largest absolute Gasteiger partial charge is 0.433 e. The number of anilines is 2. The van der Waals surface area contributed by atoms with Crippen molar-refractivity contribution >= 4 is 29.0 Å². The molecule has 2 amide bonds. The Balaban J connectivity index is 2.22. The van der Waals surface area contributed by atoms with Crippen LogP contribution in [-0.2, 0) is 10.9 Å². The van der Waals surface area contributed by atoms with E-state index >= 15 is 0 Å². The predicted molar refractivity (Wildman–Crippen MR) is 91.3 cm³/mol. The highest BCUT2D eigenvalue weighted by molar-refractivity contribution is 6.32. The number of pyridine rings is 2. The Morgan fingerprint density at radius 3 is 2.62 bits per heavy atom. The molecule has 26 heavy (non-hydrogen) atoms. The van der Waals surface area contributed by atoms with E-state index in [1.54, 1.807) is 13.8 Å². The average molecular weight is 389 g/mol. The molecule has 0 aromatic carbocycles. The Bertz CT molecular complexity index is 815. The summed E-state index contributed by atoms with van der Waals surface area (Å²) in [7, 11) is 1.48. The number of carbonyl (C=O) groups is 1. The highest BCUT2D eigenvalue weighted by Gasteiger charge is 2.32. The van der Waals surface area contributed by atoms with Crippen LogP contribution in [0.1, 0.15) is 30.0 Å². The first kappa shape index (κ1) is 19.9. The number of urea groups is 1. The molecular formula is C16H16ClF3N4O2. The Morgan fingerprint density at radius 1 is 1.31 bits per heavy atom. The lowest BCUT2D eigenvalue weighted by Gasteiger charge is -2.18. The van der Waals surface area contributed by atoms with Crippen LogP contribution in [-0.4, -0.2) is 23.1 Å². The Labute approximate surface area is 152 Å². The molecule has 0 spiro atoms. The standard InChI is InChI=1S/C16H16ClF3N4O2/c1-8-14(17)13(9(2)26-3)11(7-22-8)24-15(25)23-10-4-5-21-12(6-10)16(18,19)20/h4-7,9H,1-3H3,(H2,21,23,24,25). The number of aryl methyl sites for hydroxylation is 1. The summed E-state index contributed by atoms with van der Waals surface area (Å²) < 4.78 is 43.3. The van der Waals surface area contributed by atoms with E-state index in [1.165, 1.54) is 19.4 Å². The van der Waals surface area contributed by atoms with Crippen LogP contribution in [0.5, 0.6) is 0 Å². The smallest absolute Gasteiger partial charge is 0.377 e. The number of aromatic nitrogens is 2. The summed E-state index contributed by atoms with van der Waals surface area (Å²) in [6.07, 6.45) is -2.68. The third-order valence-corrected chi connectivity index (χ3v) is 4.03. The normalized spacial score (nSPS) is 12.6. The van der Waals surface area contributed by atoms with Crippen molar-refractivity contribution in [3.8, 4) is 0 Å². The molecule has 0 saturated heterocycles. The Kier molecular flexibility index (Phi) is 6.04. The van der Waals surface area contributed by atoms with Crippen LogP contribution in [0, 0.1) is 6.92 Å². The Hall–Kier alpha value is -2.39. The van der Waals surface area contributed by atoms with Crippen molar-refractivity contribution in [3.63, 3.8) is 0 Å². The van der Waals surface area contributed by atoms with Crippen LogP contribution in [0.15, 0.2) is 24.5 Å². The van der Waals surface area contributed by atoms with E-state index in [0.29, 0.717) is 16.3 Å². The molecule has 140 valence electrons. The molecule has 0 aliphatic heterocycles. The van der Waals surface area contributed by atoms with Gasteiger partial charge < -0.3 is 15.4 Å². The number of hydrogen-bond donors (Lipinski definition) is 2. The minimum Gasteiger partial charge on any atom is -0.377 e. The predicted octanol–water partition coefficient (Wildman–Crippen LogP) is 4.81. The van der Waals surface area contributed by atoms with Gasteiger partial charge in [0.1, 0.15) is 5.69 Å². The van der Waals surface area contributed by atoms with Crippen molar-refractivity contribution in [1.82, 2.24) is 9.97 Å². The summed E-state index contributed by atoms with van der Waals surface area (Å²) in [5, 5.41) is 5.17. The summed E-state index contributed by atoms with van der Waals surface area (Å²) in [5.74, 6) is 0. The van der Waals surface area contributed by atoms with Gasteiger partial charge in [0.25, 0.3) is 0 Å². The number of halogens is 4. The molecule has 10 heteroatoms. The lowest BCUT2D eigenvalue weighted by Crippen LogP contribution is -2.21. The lowest BCUT2D eigenvalue weighted by molar-refractivity contribution is -0.141. The van der Waals surface area contributed by atoms with Gasteiger partial charge in [-0.2, -0.15) is 13.2 Å². The molecule has 0 aliphatic carbocycles. The van der Waals surface area contributed by atoms with E-state index in [0.717, 1.165) is 12.3 Å². The fourth-order valence-electron chi connectivity index (χ4n) is 2.16. The number of nitrogens with zero attached hydrogens (tertiary/aromatic N) is 2. The lowest BCUT2D eigenvalue weighted by atomic mass is 10.1. The molecular weight excluding hydrogens is 373 g/mol. The molecule has 2 rings (SSSR count). The zero-order chi connectivity index (χ0) is 19.5. The molecule has 2 aromatic heterocycles. The first-order chi connectivity index (χ1) is 12.1. The van der Waals surface area contributed by atoms with Gasteiger partial charge in [0, 0.05) is 24.6 Å². The fourth-order valence-corrected chi connectivity index (χ4v) is 2.47. The number of nitrogens with one attached hydrogen (secondary N) is 2. The van der Waals surface area contributed by atoms with E-state index in [1.807, 2.05) is 0 Å². The molecule has 2 heterocycles. The van der Waals surface area contributed by atoms with Gasteiger partial charge in [-0.05, 0) is 26.0 Å². The van der Waals surface area contributed by atoms with Gasteiger partial charge in [0.2, 0.25) is 0 Å². The summed E-state index contributed by atoms with van der Waals surface area (Å²) in [4.78, 5) is 19.5. The summed E-state index contributed by atoms with van der Waals surface area (Å²) in [5.41, 5.74) is 0.196. The second kappa shape index (κ2) is 7.88. The van der Waals surface area contributed by atoms with Crippen molar-refractivity contribution in [1.29, 1.82) is 0 Å². The number of amides is 2. The quantitative estimate of drug-likeness (QED) is 0.788. The van der Waals surface area contributed by atoms with Crippen LogP contribution in [0.3, 0.4) is 0 Å². The number of rotatable bonds is 4. The maximum Gasteiger partial charge on any atom is 0.433 e. The Morgan fingerprint density at radius 2 is 2.00 bits per heavy atom. The van der Waals surface area contributed by atoms with Crippen LogP contribution in [0.4, 0.5) is 29.3 Å². The first-order valence-electron chi connectivity index (χ1n) is 7.42. The number of alkyl halides is 3. The molecule has 0 fully saturated rings. The minimum atomic E-state index is -4.61. The molecule has 1 unspecified atom stereocenters. The third kappa shape index (κ3) is 4.61. The molecule has 1 atom stereocenters. The molecule has 0 saturated carbocycles. The van der Waals surface area contributed by atoms with Gasteiger partial charge in [-0.3, -0.25) is 9.97 Å². The van der Waals surface area contributed by atoms with Crippen molar-refractivity contribution in [2.24, 2.45) is 0 Å². The number of methoxy groups -OCH3 is 1. The first-order valence-corrected chi connectivity index (χ1v) is 7.80. The van der Waals surface area contributed by atoms with Crippen molar-refractivity contribution in [2.45, 2.75) is 26.1 Å². The maximum atomic E-state index is 12.7. The van der Waals surface area contributed by atoms with E-state index in [4.69, 9.17) is 16.3 Å². The summed E-state index contributed by atoms with van der Waals surface area (Å²) >= 11 is 6.24. The highest BCUT2D eigenvalue weighted by Crippen LogP contribution is 2.33. The van der Waals surface area contributed by atoms with Crippen LogP contribution in [0.2, 0.25) is 5.02 Å². The molecule has 0 aliphatic rings. The van der Waals surface area contributed by atoms with Crippen molar-refractivity contribution in [2.75, 3.05) is 17.7 Å². The molecule has 0 radical (unpaired) electrons. The van der Waals surface area contributed by atoms with Gasteiger partial charge in [-0.1, -0.05) is 11.6 Å². The zero-order valence-electron chi connectivity index (χ0n) is 14.1. The second-order valence-corrected chi connectivity index (χ2v) is 5.75. The maximum absolute atomic E-state index is 12.7. The third-order valence-electron chi connectivity index (χ3n) is 3.55. The van der Waals surface area contributed by atoms with Gasteiger partial charge in [0.05, 0.1) is 28.7 Å². The SMILES string of the molecule is COC(C)c1c(NC(=O)Nc2ccnc(C(F)(F)F)c2)cnc(C)c1Cl. The van der Waals surface area contributed by atoms with Gasteiger partial charge in [-0.15, -0.1) is 0 Å². The number of carbonyl (C=O) groups excluding carboxylic acids is 1. The van der Waals surface area contributed by atoms with Crippen LogP contribution >= 0.6 is 11.6 Å². The van der Waals surface area contributed by atoms with Gasteiger partial charge in [-0.25, -0.2) is 4.79 Å². The molecule has 0 bridgehead atoms. The highest BCUT2D eigenvalue weighted by atomic mass is 35.5. The average Bonchev–Trinajstić information content (AvgIpc) is 2.57.